The average Bonchev–Trinajstić information content (AvgIpc) is 3.27. The Bertz CT molecular complexity index is 2620. The van der Waals surface area contributed by atoms with Gasteiger partial charge in [-0.2, -0.15) is 0 Å². The van der Waals surface area contributed by atoms with E-state index in [9.17, 15) is 0 Å². The number of aromatic nitrogens is 3. The van der Waals surface area contributed by atoms with Crippen molar-refractivity contribution in [2.75, 3.05) is 0 Å². The summed E-state index contributed by atoms with van der Waals surface area (Å²) in [6.45, 7) is 0. The molecule has 3 heterocycles. The van der Waals surface area contributed by atoms with Gasteiger partial charge in [-0.25, -0.2) is 0 Å². The lowest BCUT2D eigenvalue weighted by Crippen LogP contribution is -1.91. The number of benzene rings is 7. The molecule has 7 aromatic carbocycles. The van der Waals surface area contributed by atoms with E-state index in [1.165, 1.54) is 49.0 Å². The van der Waals surface area contributed by atoms with Gasteiger partial charge in [0, 0.05) is 35.3 Å². The third-order valence-electron chi connectivity index (χ3n) is 10.4. The van der Waals surface area contributed by atoms with Gasteiger partial charge in [0.2, 0.25) is 0 Å². The molecule has 10 aromatic rings. The molecular weight excluding hydrogens is 655 g/mol. The molecule has 54 heavy (non-hydrogen) atoms. The Labute approximate surface area is 313 Å². The molecule has 0 unspecified atom stereocenters. The molecule has 0 aliphatic rings. The van der Waals surface area contributed by atoms with Crippen molar-refractivity contribution in [1.82, 2.24) is 15.0 Å². The van der Waals surface area contributed by atoms with Gasteiger partial charge in [0.1, 0.15) is 0 Å². The van der Waals surface area contributed by atoms with Crippen LogP contribution in [0.3, 0.4) is 0 Å². The molecule has 3 nitrogen and oxygen atoms in total. The molecule has 3 aromatic heterocycles. The lowest BCUT2D eigenvalue weighted by molar-refractivity contribution is 1.33. The lowest BCUT2D eigenvalue weighted by atomic mass is 9.90. The zero-order chi connectivity index (χ0) is 35.8. The number of hydrogen-bond acceptors (Lipinski definition) is 3. The molecule has 0 spiro atoms. The Morgan fingerprint density at radius 1 is 0.204 bits per heavy atom. The maximum absolute atomic E-state index is 4.84. The third-order valence-corrected chi connectivity index (χ3v) is 10.4. The minimum absolute atomic E-state index is 0.945. The molecule has 0 aliphatic carbocycles. The first-order valence-corrected chi connectivity index (χ1v) is 18.2. The van der Waals surface area contributed by atoms with E-state index in [1.807, 2.05) is 36.8 Å². The normalized spacial score (nSPS) is 11.3. The van der Waals surface area contributed by atoms with Crippen LogP contribution in [0.15, 0.2) is 201 Å². The first-order valence-electron chi connectivity index (χ1n) is 18.2. The van der Waals surface area contributed by atoms with E-state index < -0.39 is 0 Å². The molecule has 10 rings (SSSR count). The lowest BCUT2D eigenvalue weighted by Gasteiger charge is -2.15. The van der Waals surface area contributed by atoms with Crippen LogP contribution < -0.4 is 0 Å². The molecule has 0 amide bonds. The number of hydrogen-bond donors (Lipinski definition) is 0. The Morgan fingerprint density at radius 3 is 0.796 bits per heavy atom. The van der Waals surface area contributed by atoms with Crippen LogP contribution in [-0.2, 0) is 0 Å². The minimum Gasteiger partial charge on any atom is -0.256 e. The molecule has 0 aliphatic heterocycles. The Morgan fingerprint density at radius 2 is 0.500 bits per heavy atom. The fourth-order valence-electron chi connectivity index (χ4n) is 7.68. The maximum atomic E-state index is 4.84. The molecule has 0 bridgehead atoms. The highest BCUT2D eigenvalue weighted by atomic mass is 14.7. The van der Waals surface area contributed by atoms with Crippen molar-refractivity contribution in [2.24, 2.45) is 0 Å². The van der Waals surface area contributed by atoms with Crippen LogP contribution in [0.5, 0.6) is 0 Å². The SMILES string of the molecule is c1ccc(-c2ccnc(-c3ccc4c(c3)c3ccc(-c5cc(-c6ccccc6)ccn5)cc3c3ccc(-c5cc(-c6ccccc6)ccn5)cc43)c2)cc1. The second kappa shape index (κ2) is 13.4. The van der Waals surface area contributed by atoms with Gasteiger partial charge >= 0.3 is 0 Å². The summed E-state index contributed by atoms with van der Waals surface area (Å²) in [6, 6.07) is 64.6. The summed E-state index contributed by atoms with van der Waals surface area (Å²) < 4.78 is 0. The monoisotopic (exact) mass is 687 g/mol. The summed E-state index contributed by atoms with van der Waals surface area (Å²) in [5, 5.41) is 7.13. The van der Waals surface area contributed by atoms with Crippen LogP contribution >= 0.6 is 0 Å². The molecule has 0 N–H and O–H groups in total. The van der Waals surface area contributed by atoms with Crippen LogP contribution in [0.2, 0.25) is 0 Å². The highest BCUT2D eigenvalue weighted by Crippen LogP contribution is 2.41. The van der Waals surface area contributed by atoms with E-state index in [2.05, 4.69) is 164 Å². The van der Waals surface area contributed by atoms with Gasteiger partial charge in [-0.1, -0.05) is 127 Å². The second-order valence-corrected chi connectivity index (χ2v) is 13.7. The van der Waals surface area contributed by atoms with Gasteiger partial charge in [-0.15, -0.1) is 0 Å². The fraction of sp³-hybridized carbons (Fsp3) is 0. The fourth-order valence-corrected chi connectivity index (χ4v) is 7.68. The van der Waals surface area contributed by atoms with Crippen molar-refractivity contribution >= 4 is 32.3 Å². The Kier molecular flexibility index (Phi) is 7.81. The zero-order valence-electron chi connectivity index (χ0n) is 29.4. The van der Waals surface area contributed by atoms with E-state index in [0.717, 1.165) is 50.5 Å². The van der Waals surface area contributed by atoms with Gasteiger partial charge in [0.15, 0.2) is 0 Å². The van der Waals surface area contributed by atoms with Crippen molar-refractivity contribution in [3.8, 4) is 67.2 Å². The highest BCUT2D eigenvalue weighted by molar-refractivity contribution is 6.26. The summed E-state index contributed by atoms with van der Waals surface area (Å²) in [5.41, 5.74) is 13.0. The predicted molar refractivity (Wildman–Crippen MR) is 225 cm³/mol. The van der Waals surface area contributed by atoms with Crippen molar-refractivity contribution in [2.45, 2.75) is 0 Å². The Balaban J connectivity index is 1.17. The quantitative estimate of drug-likeness (QED) is 0.163. The van der Waals surface area contributed by atoms with Gasteiger partial charge in [0.25, 0.3) is 0 Å². The average molecular weight is 688 g/mol. The summed E-state index contributed by atoms with van der Waals surface area (Å²) in [4.78, 5) is 14.5. The minimum atomic E-state index is 0.945. The van der Waals surface area contributed by atoms with Crippen molar-refractivity contribution in [3.05, 3.63) is 201 Å². The zero-order valence-corrected chi connectivity index (χ0v) is 29.4. The molecule has 0 atom stereocenters. The first kappa shape index (κ1) is 31.5. The van der Waals surface area contributed by atoms with E-state index in [0.29, 0.717) is 0 Å². The van der Waals surface area contributed by atoms with E-state index in [-0.39, 0.29) is 0 Å². The molecule has 252 valence electrons. The number of rotatable bonds is 6. The molecular formula is C51H33N3. The van der Waals surface area contributed by atoms with Crippen LogP contribution in [0, 0.1) is 0 Å². The van der Waals surface area contributed by atoms with Crippen molar-refractivity contribution in [3.63, 3.8) is 0 Å². The van der Waals surface area contributed by atoms with E-state index in [4.69, 9.17) is 15.0 Å². The standard InChI is InChI=1S/C51H33N3/c1-4-10-34(11-5-1)37-22-25-52-49(31-37)40-16-19-43-46(28-40)44-20-17-41(50-32-38(23-26-53-50)35-12-6-2-7-13-35)30-48(44)45-21-18-42(29-47(43)45)51-33-39(24-27-54-51)36-14-8-3-9-15-36/h1-33H. The summed E-state index contributed by atoms with van der Waals surface area (Å²) in [7, 11) is 0. The van der Waals surface area contributed by atoms with Crippen LogP contribution in [-0.4, -0.2) is 15.0 Å². The third kappa shape index (κ3) is 5.78. The largest absolute Gasteiger partial charge is 0.256 e. The van der Waals surface area contributed by atoms with Gasteiger partial charge in [-0.05, 0) is 120 Å². The highest BCUT2D eigenvalue weighted by Gasteiger charge is 2.15. The van der Waals surface area contributed by atoms with Gasteiger partial charge < -0.3 is 0 Å². The van der Waals surface area contributed by atoms with Gasteiger partial charge in [-0.3, -0.25) is 15.0 Å². The molecule has 0 radical (unpaired) electrons. The number of fused-ring (bicyclic) bond motifs is 6. The topological polar surface area (TPSA) is 38.7 Å². The summed E-state index contributed by atoms with van der Waals surface area (Å²) in [5.74, 6) is 0. The molecule has 3 heteroatoms. The van der Waals surface area contributed by atoms with Crippen LogP contribution in [0.4, 0.5) is 0 Å². The van der Waals surface area contributed by atoms with Crippen molar-refractivity contribution in [1.29, 1.82) is 0 Å². The molecule has 0 saturated carbocycles. The maximum Gasteiger partial charge on any atom is 0.0708 e. The Hall–Kier alpha value is -7.23. The van der Waals surface area contributed by atoms with E-state index >= 15 is 0 Å². The first-order chi connectivity index (χ1) is 26.7. The molecule has 0 saturated heterocycles. The van der Waals surface area contributed by atoms with Crippen molar-refractivity contribution < 1.29 is 0 Å². The smallest absolute Gasteiger partial charge is 0.0708 e. The second-order valence-electron chi connectivity index (χ2n) is 13.7. The van der Waals surface area contributed by atoms with Crippen LogP contribution in [0.1, 0.15) is 0 Å². The van der Waals surface area contributed by atoms with Gasteiger partial charge in [0.05, 0.1) is 17.1 Å². The molecule has 0 fully saturated rings. The van der Waals surface area contributed by atoms with E-state index in [1.54, 1.807) is 0 Å². The number of nitrogens with zero attached hydrogens (tertiary/aromatic N) is 3. The summed E-state index contributed by atoms with van der Waals surface area (Å²) >= 11 is 0. The van der Waals surface area contributed by atoms with Crippen LogP contribution in [0.25, 0.3) is 99.5 Å². The summed E-state index contributed by atoms with van der Waals surface area (Å²) in [6.07, 6.45) is 5.73. The number of pyridine rings is 3. The predicted octanol–water partition coefficient (Wildman–Crippen LogP) is 13.3.